The molecule has 5 atom stereocenters. The van der Waals surface area contributed by atoms with E-state index in [0.717, 1.165) is 30.5 Å². The Morgan fingerprint density at radius 2 is 1.80 bits per heavy atom. The molecule has 0 spiro atoms. The van der Waals surface area contributed by atoms with Crippen molar-refractivity contribution in [3.8, 4) is 5.75 Å². The maximum atomic E-state index is 14.0. The summed E-state index contributed by atoms with van der Waals surface area (Å²) in [6.45, 7) is 6.36. The Kier molecular flexibility index (Phi) is 8.80. The third-order valence-corrected chi connectivity index (χ3v) is 7.91. The van der Waals surface area contributed by atoms with Crippen molar-refractivity contribution in [2.24, 2.45) is 11.3 Å². The highest BCUT2D eigenvalue weighted by molar-refractivity contribution is 5.88. The number of nitrogens with one attached hydrogen (secondary N) is 1. The molecule has 218 valence electrons. The molecule has 2 aromatic rings. The summed E-state index contributed by atoms with van der Waals surface area (Å²) in [5.74, 6) is -1.93. The first-order chi connectivity index (χ1) is 18.8. The van der Waals surface area contributed by atoms with Crippen molar-refractivity contribution < 1.29 is 37.3 Å². The van der Waals surface area contributed by atoms with E-state index in [0.29, 0.717) is 18.6 Å². The van der Waals surface area contributed by atoms with Gasteiger partial charge in [0.1, 0.15) is 17.9 Å². The van der Waals surface area contributed by atoms with E-state index in [-0.39, 0.29) is 18.2 Å². The Bertz CT molecular complexity index is 1190. The quantitative estimate of drug-likeness (QED) is 0.467. The third kappa shape index (κ3) is 6.12. The number of aliphatic carboxylic acids is 1. The maximum absolute atomic E-state index is 14.0. The first kappa shape index (κ1) is 29.9. The summed E-state index contributed by atoms with van der Waals surface area (Å²) in [6.07, 6.45) is -3.06. The fourth-order valence-corrected chi connectivity index (χ4v) is 6.12. The number of ether oxygens (including phenoxy) is 2. The average Bonchev–Trinajstić information content (AvgIpc) is 3.28. The molecule has 2 fully saturated rings. The zero-order valence-corrected chi connectivity index (χ0v) is 23.2. The van der Waals surface area contributed by atoms with Gasteiger partial charge in [-0.3, -0.25) is 4.79 Å². The number of methoxy groups -OCH3 is 1. The van der Waals surface area contributed by atoms with Crippen LogP contribution in [-0.4, -0.2) is 53.8 Å². The van der Waals surface area contributed by atoms with Crippen molar-refractivity contribution in [3.63, 3.8) is 0 Å². The summed E-state index contributed by atoms with van der Waals surface area (Å²) >= 11 is 0. The van der Waals surface area contributed by atoms with E-state index in [1.54, 1.807) is 0 Å². The molecular weight excluding hydrogens is 525 g/mol. The van der Waals surface area contributed by atoms with Crippen LogP contribution in [-0.2, 0) is 27.0 Å². The highest BCUT2D eigenvalue weighted by Crippen LogP contribution is 2.49. The number of carbonyl (C=O) groups excluding carboxylic acids is 1. The standard InChI is InChI=1S/C30H37F3N2O5/c1-29(2,3)23-24(34-17-19-13-14-20(30(31,32)33)16-22(19)39-4)25(18-10-6-5-7-11-18)35(26(23)28(37)38)27(36)21-12-8-9-15-40-21/h5-7,10-11,13-14,16,21,23-26,34H,8-9,12,15,17H2,1-4H3,(H,37,38)/t21-,23?,24?,25?,26?/m0/s1. The van der Waals surface area contributed by atoms with Crippen molar-refractivity contribution in [1.82, 2.24) is 10.2 Å². The number of carbonyl (C=O) groups is 2. The van der Waals surface area contributed by atoms with E-state index in [1.165, 1.54) is 18.1 Å². The molecule has 0 bridgehead atoms. The normalized spacial score (nSPS) is 25.6. The second-order valence-electron chi connectivity index (χ2n) is 11.6. The predicted molar refractivity (Wildman–Crippen MR) is 143 cm³/mol. The summed E-state index contributed by atoms with van der Waals surface area (Å²) < 4.78 is 51.0. The summed E-state index contributed by atoms with van der Waals surface area (Å²) in [5, 5.41) is 14.0. The van der Waals surface area contributed by atoms with Crippen molar-refractivity contribution >= 4 is 11.9 Å². The Morgan fingerprint density at radius 1 is 1.10 bits per heavy atom. The van der Waals surface area contributed by atoms with Gasteiger partial charge in [0.2, 0.25) is 0 Å². The Morgan fingerprint density at radius 3 is 2.35 bits per heavy atom. The molecule has 40 heavy (non-hydrogen) atoms. The van der Waals surface area contributed by atoms with Gasteiger partial charge in [-0.2, -0.15) is 13.2 Å². The van der Waals surface area contributed by atoms with Crippen molar-refractivity contribution in [3.05, 3.63) is 65.2 Å². The van der Waals surface area contributed by atoms with Crippen molar-refractivity contribution in [2.75, 3.05) is 13.7 Å². The minimum Gasteiger partial charge on any atom is -0.496 e. The second-order valence-corrected chi connectivity index (χ2v) is 11.6. The molecule has 2 aromatic carbocycles. The number of nitrogens with zero attached hydrogens (tertiary/aromatic N) is 1. The molecular formula is C30H37F3N2O5. The average molecular weight is 563 g/mol. The molecule has 0 saturated carbocycles. The lowest BCUT2D eigenvalue weighted by molar-refractivity contribution is -0.159. The van der Waals surface area contributed by atoms with Gasteiger partial charge in [0.05, 0.1) is 18.7 Å². The fraction of sp³-hybridized carbons (Fsp3) is 0.533. The Labute approximate surface area is 232 Å². The molecule has 1 amide bonds. The van der Waals surface area contributed by atoms with Gasteiger partial charge in [0, 0.05) is 30.7 Å². The van der Waals surface area contributed by atoms with E-state index < -0.39 is 53.3 Å². The monoisotopic (exact) mass is 562 g/mol. The van der Waals surface area contributed by atoms with Crippen LogP contribution in [0.4, 0.5) is 13.2 Å². The van der Waals surface area contributed by atoms with Crippen LogP contribution < -0.4 is 10.1 Å². The first-order valence-corrected chi connectivity index (χ1v) is 13.5. The van der Waals surface area contributed by atoms with E-state index >= 15 is 0 Å². The molecule has 2 aliphatic rings. The van der Waals surface area contributed by atoms with Crippen LogP contribution >= 0.6 is 0 Å². The first-order valence-electron chi connectivity index (χ1n) is 13.5. The predicted octanol–water partition coefficient (Wildman–Crippen LogP) is 5.44. The number of benzene rings is 2. The molecule has 10 heteroatoms. The van der Waals surface area contributed by atoms with Gasteiger partial charge in [-0.25, -0.2) is 4.79 Å². The number of hydrogen-bond donors (Lipinski definition) is 2. The largest absolute Gasteiger partial charge is 0.496 e. The summed E-state index contributed by atoms with van der Waals surface area (Å²) in [7, 11) is 1.31. The molecule has 0 radical (unpaired) electrons. The smallest absolute Gasteiger partial charge is 0.416 e. The number of halogens is 3. The lowest BCUT2D eigenvalue weighted by atomic mass is 9.72. The topological polar surface area (TPSA) is 88.1 Å². The zero-order chi connectivity index (χ0) is 29.2. The molecule has 0 aromatic heterocycles. The van der Waals surface area contributed by atoms with E-state index in [4.69, 9.17) is 9.47 Å². The van der Waals surface area contributed by atoms with Crippen LogP contribution in [0.3, 0.4) is 0 Å². The van der Waals surface area contributed by atoms with Gasteiger partial charge in [0.25, 0.3) is 5.91 Å². The van der Waals surface area contributed by atoms with Crippen LogP contribution in [0.15, 0.2) is 48.5 Å². The van der Waals surface area contributed by atoms with E-state index in [9.17, 15) is 27.9 Å². The van der Waals surface area contributed by atoms with Gasteiger partial charge >= 0.3 is 12.1 Å². The zero-order valence-electron chi connectivity index (χ0n) is 23.2. The van der Waals surface area contributed by atoms with Gasteiger partial charge in [-0.05, 0) is 42.4 Å². The van der Waals surface area contributed by atoms with Gasteiger partial charge in [-0.15, -0.1) is 0 Å². The highest BCUT2D eigenvalue weighted by atomic mass is 19.4. The van der Waals surface area contributed by atoms with Crippen LogP contribution in [0.2, 0.25) is 0 Å². The Balaban J connectivity index is 1.78. The van der Waals surface area contributed by atoms with E-state index in [2.05, 4.69) is 5.32 Å². The number of alkyl halides is 3. The van der Waals surface area contributed by atoms with E-state index in [1.807, 2.05) is 51.1 Å². The number of carboxylic acid groups (broad SMARTS) is 1. The molecule has 2 aliphatic heterocycles. The number of likely N-dealkylation sites (tertiary alicyclic amines) is 1. The van der Waals surface area contributed by atoms with Crippen molar-refractivity contribution in [1.29, 1.82) is 0 Å². The minimum absolute atomic E-state index is 0.0715. The number of carboxylic acids is 1. The van der Waals surface area contributed by atoms with Crippen LogP contribution in [0, 0.1) is 11.3 Å². The molecule has 7 nitrogen and oxygen atoms in total. The summed E-state index contributed by atoms with van der Waals surface area (Å²) in [5.41, 5.74) is -0.122. The van der Waals surface area contributed by atoms with Gasteiger partial charge < -0.3 is 24.8 Å². The fourth-order valence-electron chi connectivity index (χ4n) is 6.12. The lowest BCUT2D eigenvalue weighted by Crippen LogP contribution is -2.51. The SMILES string of the molecule is COc1cc(C(F)(F)F)ccc1CNC1C(c2ccccc2)N(C(=O)[C@@H]2CCCCO2)C(C(=O)O)C1C(C)(C)C. The Hall–Kier alpha value is -3.11. The third-order valence-electron chi connectivity index (χ3n) is 7.91. The lowest BCUT2D eigenvalue weighted by Gasteiger charge is -2.36. The summed E-state index contributed by atoms with van der Waals surface area (Å²) in [6, 6.07) is 10.2. The second kappa shape index (κ2) is 11.8. The maximum Gasteiger partial charge on any atom is 0.416 e. The number of hydrogen-bond acceptors (Lipinski definition) is 5. The van der Waals surface area contributed by atoms with Crippen molar-refractivity contribution in [2.45, 2.75) is 77.0 Å². The molecule has 2 saturated heterocycles. The number of amides is 1. The molecule has 2 heterocycles. The van der Waals surface area contributed by atoms with Crippen LogP contribution in [0.1, 0.15) is 62.8 Å². The minimum atomic E-state index is -4.52. The molecule has 2 N–H and O–H groups in total. The molecule has 4 unspecified atom stereocenters. The van der Waals surface area contributed by atoms with Crippen LogP contribution in [0.5, 0.6) is 5.75 Å². The summed E-state index contributed by atoms with van der Waals surface area (Å²) in [4.78, 5) is 28.4. The highest BCUT2D eigenvalue weighted by Gasteiger charge is 2.58. The molecule has 4 rings (SSSR count). The van der Waals surface area contributed by atoms with Gasteiger partial charge in [0.15, 0.2) is 0 Å². The molecule has 0 aliphatic carbocycles. The van der Waals surface area contributed by atoms with Crippen LogP contribution in [0.25, 0.3) is 0 Å². The number of rotatable bonds is 7. The van der Waals surface area contributed by atoms with Gasteiger partial charge in [-0.1, -0.05) is 57.2 Å².